The second-order valence-electron chi connectivity index (χ2n) is 5.48. The molecule has 3 rings (SSSR count). The van der Waals surface area contributed by atoms with E-state index in [1.54, 1.807) is 35.2 Å². The van der Waals surface area contributed by atoms with E-state index in [0.29, 0.717) is 12.1 Å². The number of rotatable bonds is 4. The second-order valence-corrected chi connectivity index (χ2v) is 5.48. The molecule has 0 unspecified atom stereocenters. The smallest absolute Gasteiger partial charge is 0.307 e. The molecule has 0 fully saturated rings. The van der Waals surface area contributed by atoms with E-state index in [4.69, 9.17) is 4.74 Å². The fourth-order valence-electron chi connectivity index (χ4n) is 2.87. The van der Waals surface area contributed by atoms with E-state index in [1.807, 2.05) is 18.2 Å². The number of methoxy groups -OCH3 is 1. The molecule has 0 saturated carbocycles. The summed E-state index contributed by atoms with van der Waals surface area (Å²) >= 11 is 0. The normalized spacial score (nSPS) is 14.5. The van der Waals surface area contributed by atoms with Gasteiger partial charge in [-0.05, 0) is 29.3 Å². The molecule has 0 saturated heterocycles. The largest absolute Gasteiger partial charge is 0.508 e. The predicted octanol–water partition coefficient (Wildman–Crippen LogP) is 2.65. The molecule has 1 aliphatic rings. The number of esters is 1. The van der Waals surface area contributed by atoms with Crippen LogP contribution < -0.4 is 0 Å². The van der Waals surface area contributed by atoms with Gasteiger partial charge in [-0.25, -0.2) is 0 Å². The van der Waals surface area contributed by atoms with Gasteiger partial charge in [0.25, 0.3) is 5.91 Å². The van der Waals surface area contributed by atoms with Gasteiger partial charge in [0.2, 0.25) is 0 Å². The molecule has 0 aliphatic carbocycles. The number of phenols is 1. The van der Waals surface area contributed by atoms with Gasteiger partial charge >= 0.3 is 5.97 Å². The van der Waals surface area contributed by atoms with Gasteiger partial charge in [-0.2, -0.15) is 0 Å². The standard InChI is InChI=1S/C18H17NO4/c1-23-17(21)10-16(12-6-8-14(20)9-7-12)19-11-13-4-2-3-5-15(13)18(19)22/h2-9,16,20H,10-11H2,1H3/t16-/m0/s1. The van der Waals surface area contributed by atoms with Crippen molar-refractivity contribution in [3.63, 3.8) is 0 Å². The average molecular weight is 311 g/mol. The highest BCUT2D eigenvalue weighted by molar-refractivity contribution is 5.98. The molecule has 1 heterocycles. The Morgan fingerprint density at radius 3 is 2.57 bits per heavy atom. The summed E-state index contributed by atoms with van der Waals surface area (Å²) in [5.41, 5.74) is 2.40. The van der Waals surface area contributed by atoms with Crippen molar-refractivity contribution in [1.29, 1.82) is 0 Å². The Hall–Kier alpha value is -2.82. The summed E-state index contributed by atoms with van der Waals surface area (Å²) in [4.78, 5) is 26.1. The topological polar surface area (TPSA) is 66.8 Å². The third kappa shape index (κ3) is 2.90. The Morgan fingerprint density at radius 2 is 1.91 bits per heavy atom. The second kappa shape index (κ2) is 6.12. The minimum Gasteiger partial charge on any atom is -0.508 e. The lowest BCUT2D eigenvalue weighted by atomic mass is 10.0. The number of benzene rings is 2. The summed E-state index contributed by atoms with van der Waals surface area (Å²) < 4.78 is 4.77. The maximum atomic E-state index is 12.7. The molecule has 2 aromatic rings. The maximum absolute atomic E-state index is 12.7. The Balaban J connectivity index is 1.95. The van der Waals surface area contributed by atoms with Crippen molar-refractivity contribution in [2.75, 3.05) is 7.11 Å². The molecule has 5 nitrogen and oxygen atoms in total. The van der Waals surface area contributed by atoms with E-state index in [2.05, 4.69) is 0 Å². The summed E-state index contributed by atoms with van der Waals surface area (Å²) in [7, 11) is 1.33. The number of phenolic OH excluding ortho intramolecular Hbond substituents is 1. The van der Waals surface area contributed by atoms with Gasteiger partial charge in [0.15, 0.2) is 0 Å². The van der Waals surface area contributed by atoms with Crippen LogP contribution in [0.1, 0.15) is 33.9 Å². The van der Waals surface area contributed by atoms with E-state index in [-0.39, 0.29) is 24.0 Å². The molecule has 1 N–H and O–H groups in total. The zero-order valence-corrected chi connectivity index (χ0v) is 12.7. The van der Waals surface area contributed by atoms with Crippen LogP contribution in [0, 0.1) is 0 Å². The average Bonchev–Trinajstić information content (AvgIpc) is 2.90. The molecule has 2 aromatic carbocycles. The highest BCUT2D eigenvalue weighted by Crippen LogP contribution is 2.34. The number of hydrogen-bond acceptors (Lipinski definition) is 4. The first kappa shape index (κ1) is 15.1. The molecule has 0 radical (unpaired) electrons. The van der Waals surface area contributed by atoms with Crippen molar-refractivity contribution in [3.8, 4) is 5.75 Å². The number of carbonyl (C=O) groups is 2. The van der Waals surface area contributed by atoms with Crippen LogP contribution in [-0.2, 0) is 16.1 Å². The van der Waals surface area contributed by atoms with Crippen LogP contribution >= 0.6 is 0 Å². The lowest BCUT2D eigenvalue weighted by Crippen LogP contribution is -2.31. The van der Waals surface area contributed by atoms with Crippen LogP contribution in [0.5, 0.6) is 5.75 Å². The lowest BCUT2D eigenvalue weighted by Gasteiger charge is -2.27. The fraction of sp³-hybridized carbons (Fsp3) is 0.222. The number of hydrogen-bond donors (Lipinski definition) is 1. The summed E-state index contributed by atoms with van der Waals surface area (Å²) in [5, 5.41) is 9.45. The van der Waals surface area contributed by atoms with Gasteiger partial charge in [0, 0.05) is 12.1 Å². The Morgan fingerprint density at radius 1 is 1.22 bits per heavy atom. The van der Waals surface area contributed by atoms with Gasteiger partial charge in [-0.3, -0.25) is 9.59 Å². The van der Waals surface area contributed by atoms with Gasteiger partial charge in [-0.1, -0.05) is 30.3 Å². The van der Waals surface area contributed by atoms with E-state index < -0.39 is 6.04 Å². The molecule has 1 amide bonds. The highest BCUT2D eigenvalue weighted by atomic mass is 16.5. The first-order chi connectivity index (χ1) is 11.1. The van der Waals surface area contributed by atoms with E-state index in [9.17, 15) is 14.7 Å². The number of carbonyl (C=O) groups excluding carboxylic acids is 2. The fourth-order valence-corrected chi connectivity index (χ4v) is 2.87. The summed E-state index contributed by atoms with van der Waals surface area (Å²) in [6.45, 7) is 0.456. The molecule has 0 aromatic heterocycles. The monoisotopic (exact) mass is 311 g/mol. The predicted molar refractivity (Wildman–Crippen MR) is 83.8 cm³/mol. The first-order valence-corrected chi connectivity index (χ1v) is 7.35. The molecular formula is C18H17NO4. The van der Waals surface area contributed by atoms with Gasteiger partial charge < -0.3 is 14.7 Å². The first-order valence-electron chi connectivity index (χ1n) is 7.35. The van der Waals surface area contributed by atoms with Crippen LogP contribution in [0.2, 0.25) is 0 Å². The van der Waals surface area contributed by atoms with Crippen molar-refractivity contribution >= 4 is 11.9 Å². The lowest BCUT2D eigenvalue weighted by molar-refractivity contribution is -0.141. The molecular weight excluding hydrogens is 294 g/mol. The van der Waals surface area contributed by atoms with E-state index in [1.165, 1.54) is 7.11 Å². The Bertz CT molecular complexity index is 739. The highest BCUT2D eigenvalue weighted by Gasteiger charge is 2.34. The number of amides is 1. The number of fused-ring (bicyclic) bond motifs is 1. The van der Waals surface area contributed by atoms with Crippen molar-refractivity contribution in [1.82, 2.24) is 4.90 Å². The van der Waals surface area contributed by atoms with Crippen molar-refractivity contribution in [2.24, 2.45) is 0 Å². The zero-order chi connectivity index (χ0) is 16.4. The van der Waals surface area contributed by atoms with Crippen molar-refractivity contribution in [2.45, 2.75) is 19.0 Å². The Labute approximate surface area is 134 Å². The molecule has 1 aliphatic heterocycles. The summed E-state index contributed by atoms with van der Waals surface area (Å²) in [5.74, 6) is -0.337. The maximum Gasteiger partial charge on any atom is 0.307 e. The molecule has 0 spiro atoms. The van der Waals surface area contributed by atoms with Crippen LogP contribution in [0.15, 0.2) is 48.5 Å². The minimum atomic E-state index is -0.428. The SMILES string of the molecule is COC(=O)C[C@@H](c1ccc(O)cc1)N1Cc2ccccc2C1=O. The van der Waals surface area contributed by atoms with Crippen molar-refractivity contribution in [3.05, 3.63) is 65.2 Å². The van der Waals surface area contributed by atoms with Crippen LogP contribution in [0.25, 0.3) is 0 Å². The van der Waals surface area contributed by atoms with Gasteiger partial charge in [0.1, 0.15) is 5.75 Å². The summed E-state index contributed by atoms with van der Waals surface area (Å²) in [6, 6.07) is 13.5. The number of nitrogens with zero attached hydrogens (tertiary/aromatic N) is 1. The number of ether oxygens (including phenoxy) is 1. The van der Waals surface area contributed by atoms with Crippen LogP contribution in [0.4, 0.5) is 0 Å². The molecule has 118 valence electrons. The van der Waals surface area contributed by atoms with E-state index in [0.717, 1.165) is 11.1 Å². The summed E-state index contributed by atoms with van der Waals surface area (Å²) in [6.07, 6.45) is 0.0704. The Kier molecular flexibility index (Phi) is 4.02. The third-order valence-corrected chi connectivity index (χ3v) is 4.09. The quantitative estimate of drug-likeness (QED) is 0.882. The van der Waals surface area contributed by atoms with Crippen LogP contribution in [-0.4, -0.2) is 29.0 Å². The third-order valence-electron chi connectivity index (χ3n) is 4.09. The molecule has 23 heavy (non-hydrogen) atoms. The minimum absolute atomic E-state index is 0.0704. The number of aromatic hydroxyl groups is 1. The van der Waals surface area contributed by atoms with E-state index >= 15 is 0 Å². The molecule has 5 heteroatoms. The van der Waals surface area contributed by atoms with Crippen LogP contribution in [0.3, 0.4) is 0 Å². The van der Waals surface area contributed by atoms with Gasteiger partial charge in [-0.15, -0.1) is 0 Å². The zero-order valence-electron chi connectivity index (χ0n) is 12.7. The molecule has 0 bridgehead atoms. The van der Waals surface area contributed by atoms with Crippen molar-refractivity contribution < 1.29 is 19.4 Å². The molecule has 1 atom stereocenters. The van der Waals surface area contributed by atoms with Gasteiger partial charge in [0.05, 0.1) is 19.6 Å².